The maximum absolute atomic E-state index is 14.2. The molecule has 3 rings (SSSR count). The number of aryl methyl sites for hydroxylation is 1. The van der Waals surface area contributed by atoms with Crippen LogP contribution in [0.5, 0.6) is 0 Å². The highest BCUT2D eigenvalue weighted by molar-refractivity contribution is 5.28. The average Bonchev–Trinajstić information content (AvgIpc) is 2.70. The average molecular weight is 386 g/mol. The second-order valence-electron chi connectivity index (χ2n) is 8.10. The maximum atomic E-state index is 14.2. The van der Waals surface area contributed by atoms with Gasteiger partial charge in [-0.05, 0) is 68.3 Å². The predicted octanol–water partition coefficient (Wildman–Crippen LogP) is 6.48. The van der Waals surface area contributed by atoms with Crippen molar-refractivity contribution in [2.45, 2.75) is 70.3 Å². The quantitative estimate of drug-likeness (QED) is 0.478. The lowest BCUT2D eigenvalue weighted by Gasteiger charge is -2.29. The number of alkyl halides is 2. The third-order valence-corrected chi connectivity index (χ3v) is 5.83. The van der Waals surface area contributed by atoms with Gasteiger partial charge in [-0.3, -0.25) is 4.90 Å². The van der Waals surface area contributed by atoms with Gasteiger partial charge in [0.2, 0.25) is 0 Å². The van der Waals surface area contributed by atoms with Crippen LogP contribution in [0.3, 0.4) is 0 Å². The molecule has 1 aliphatic carbocycles. The molecule has 2 unspecified atom stereocenters. The number of halogens is 2. The zero-order valence-electron chi connectivity index (χ0n) is 17.0. The lowest BCUT2D eigenvalue weighted by atomic mass is 9.81. The Labute approximate surface area is 168 Å². The normalized spacial score (nSPS) is 22.5. The molecule has 0 N–H and O–H groups in total. The summed E-state index contributed by atoms with van der Waals surface area (Å²) in [5.74, 6) is -0.575. The van der Waals surface area contributed by atoms with Crippen molar-refractivity contribution in [2.75, 3.05) is 13.1 Å². The van der Waals surface area contributed by atoms with Gasteiger partial charge in [0.05, 0.1) is 0 Å². The molecule has 0 amide bonds. The van der Waals surface area contributed by atoms with Crippen molar-refractivity contribution < 1.29 is 8.78 Å². The molecular weight excluding hydrogens is 352 g/mol. The van der Waals surface area contributed by atoms with Crippen LogP contribution < -0.4 is 0 Å². The van der Waals surface area contributed by atoms with Crippen molar-refractivity contribution in [3.8, 4) is 0 Å². The van der Waals surface area contributed by atoms with Gasteiger partial charge in [0.25, 0.3) is 0 Å². The van der Waals surface area contributed by atoms with Gasteiger partial charge >= 0.3 is 0 Å². The van der Waals surface area contributed by atoms with Crippen LogP contribution in [0.1, 0.15) is 61.6 Å². The minimum Gasteiger partial charge on any atom is -0.299 e. The third-order valence-electron chi connectivity index (χ3n) is 5.83. The van der Waals surface area contributed by atoms with Gasteiger partial charge in [-0.15, -0.1) is 0 Å². The number of rotatable bonds is 9. The first kappa shape index (κ1) is 21.0. The van der Waals surface area contributed by atoms with Crippen molar-refractivity contribution in [2.24, 2.45) is 0 Å². The van der Waals surface area contributed by atoms with E-state index in [4.69, 9.17) is 0 Å². The largest absolute Gasteiger partial charge is 0.299 e. The maximum Gasteiger partial charge on any atom is 0.110 e. The molecule has 152 valence electrons. The smallest absolute Gasteiger partial charge is 0.110 e. The van der Waals surface area contributed by atoms with Crippen LogP contribution in [-0.4, -0.2) is 30.3 Å². The Morgan fingerprint density at radius 1 is 0.857 bits per heavy atom. The number of hydrogen-bond donors (Lipinski definition) is 0. The van der Waals surface area contributed by atoms with Crippen molar-refractivity contribution in [3.63, 3.8) is 0 Å². The fourth-order valence-corrected chi connectivity index (χ4v) is 4.35. The van der Waals surface area contributed by atoms with Crippen molar-refractivity contribution >= 4 is 0 Å². The lowest BCUT2D eigenvalue weighted by Crippen LogP contribution is -2.28. The highest BCUT2D eigenvalue weighted by Gasteiger charge is 2.34. The van der Waals surface area contributed by atoms with Gasteiger partial charge in [0, 0.05) is 12.5 Å². The van der Waals surface area contributed by atoms with E-state index in [2.05, 4.69) is 54.3 Å². The Morgan fingerprint density at radius 3 is 2.18 bits per heavy atom. The van der Waals surface area contributed by atoms with E-state index in [0.717, 1.165) is 44.5 Å². The van der Waals surface area contributed by atoms with Crippen molar-refractivity contribution in [3.05, 3.63) is 71.3 Å². The summed E-state index contributed by atoms with van der Waals surface area (Å²) in [5, 5.41) is 0. The standard InChI is InChI=1S/C25H33F2N/c1-2-17-28(19-21-8-4-3-5-9-21)18-7-10-20-13-15-22(16-14-20)25-23(26)11-6-12-24(25)27/h3-5,8-9,13-16,23-25H,2,6-7,10-12,17-19H2,1H3. The van der Waals surface area contributed by atoms with E-state index in [-0.39, 0.29) is 0 Å². The van der Waals surface area contributed by atoms with E-state index >= 15 is 0 Å². The molecule has 0 aliphatic heterocycles. The Morgan fingerprint density at radius 2 is 1.54 bits per heavy atom. The van der Waals surface area contributed by atoms with Gasteiger partial charge in [0.15, 0.2) is 0 Å². The van der Waals surface area contributed by atoms with Gasteiger partial charge in [-0.25, -0.2) is 8.78 Å². The number of nitrogens with zero attached hydrogens (tertiary/aromatic N) is 1. The molecule has 0 bridgehead atoms. The summed E-state index contributed by atoms with van der Waals surface area (Å²) in [6.45, 7) is 5.38. The molecule has 1 fully saturated rings. The van der Waals surface area contributed by atoms with E-state index in [1.165, 1.54) is 11.1 Å². The number of hydrogen-bond acceptors (Lipinski definition) is 1. The monoisotopic (exact) mass is 385 g/mol. The van der Waals surface area contributed by atoms with Crippen LogP contribution in [0.25, 0.3) is 0 Å². The minimum atomic E-state index is -1.05. The minimum absolute atomic E-state index is 0.488. The van der Waals surface area contributed by atoms with Crippen LogP contribution in [-0.2, 0) is 13.0 Å². The van der Waals surface area contributed by atoms with E-state index < -0.39 is 18.3 Å². The van der Waals surface area contributed by atoms with Crippen molar-refractivity contribution in [1.82, 2.24) is 4.90 Å². The Hall–Kier alpha value is -1.74. The molecule has 0 saturated heterocycles. The third kappa shape index (κ3) is 5.88. The molecule has 0 radical (unpaired) electrons. The fraction of sp³-hybridized carbons (Fsp3) is 0.520. The first-order valence-electron chi connectivity index (χ1n) is 10.8. The highest BCUT2D eigenvalue weighted by Crippen LogP contribution is 2.37. The van der Waals surface area contributed by atoms with Gasteiger partial charge in [-0.1, -0.05) is 61.5 Å². The van der Waals surface area contributed by atoms with Crippen LogP contribution >= 0.6 is 0 Å². The summed E-state index contributed by atoms with van der Waals surface area (Å²) in [4.78, 5) is 2.51. The van der Waals surface area contributed by atoms with Gasteiger partial charge in [0.1, 0.15) is 12.3 Å². The van der Waals surface area contributed by atoms with Gasteiger partial charge in [-0.2, -0.15) is 0 Å². The van der Waals surface area contributed by atoms with Crippen LogP contribution in [0.4, 0.5) is 8.78 Å². The molecule has 0 heterocycles. The lowest BCUT2D eigenvalue weighted by molar-refractivity contribution is 0.124. The van der Waals surface area contributed by atoms with Crippen LogP contribution in [0.2, 0.25) is 0 Å². The summed E-state index contributed by atoms with van der Waals surface area (Å²) in [7, 11) is 0. The number of benzene rings is 2. The second kappa shape index (κ2) is 10.7. The molecule has 1 aliphatic rings. The molecule has 2 atom stereocenters. The fourth-order valence-electron chi connectivity index (χ4n) is 4.35. The topological polar surface area (TPSA) is 3.24 Å². The first-order valence-corrected chi connectivity index (χ1v) is 10.8. The van der Waals surface area contributed by atoms with E-state index in [9.17, 15) is 8.78 Å². The summed E-state index contributed by atoms with van der Waals surface area (Å²) in [5.41, 5.74) is 3.43. The van der Waals surface area contributed by atoms with E-state index in [0.29, 0.717) is 19.3 Å². The SMILES string of the molecule is CCCN(CCCc1ccc(C2C(F)CCCC2F)cc1)Cc1ccccc1. The zero-order valence-corrected chi connectivity index (χ0v) is 17.0. The molecule has 1 nitrogen and oxygen atoms in total. The Kier molecular flexibility index (Phi) is 8.02. The summed E-state index contributed by atoms with van der Waals surface area (Å²) < 4.78 is 28.4. The van der Waals surface area contributed by atoms with Crippen LogP contribution in [0, 0.1) is 0 Å². The van der Waals surface area contributed by atoms with Gasteiger partial charge < -0.3 is 0 Å². The molecule has 2 aromatic carbocycles. The van der Waals surface area contributed by atoms with Crippen LogP contribution in [0.15, 0.2) is 54.6 Å². The van der Waals surface area contributed by atoms with E-state index in [1.807, 2.05) is 12.1 Å². The summed E-state index contributed by atoms with van der Waals surface area (Å²) in [6, 6.07) is 18.6. The van der Waals surface area contributed by atoms with E-state index in [1.54, 1.807) is 0 Å². The Bertz CT molecular complexity index is 675. The Balaban J connectivity index is 1.51. The van der Waals surface area contributed by atoms with Crippen molar-refractivity contribution in [1.29, 1.82) is 0 Å². The summed E-state index contributed by atoms with van der Waals surface area (Å²) >= 11 is 0. The molecule has 2 aromatic rings. The zero-order chi connectivity index (χ0) is 19.8. The molecular formula is C25H33F2N. The molecule has 0 spiro atoms. The second-order valence-corrected chi connectivity index (χ2v) is 8.10. The predicted molar refractivity (Wildman–Crippen MR) is 113 cm³/mol. The molecule has 3 heteroatoms. The molecule has 0 aromatic heterocycles. The first-order chi connectivity index (χ1) is 13.7. The highest BCUT2D eigenvalue weighted by atomic mass is 19.1. The molecule has 28 heavy (non-hydrogen) atoms. The molecule has 1 saturated carbocycles. The summed E-state index contributed by atoms with van der Waals surface area (Å²) in [6.07, 6.45) is 2.78.